The van der Waals surface area contributed by atoms with Crippen LogP contribution in [-0.2, 0) is 16.1 Å². The van der Waals surface area contributed by atoms with Gasteiger partial charge >= 0.3 is 5.97 Å². The molecule has 4 aromatic rings. The lowest BCUT2D eigenvalue weighted by atomic mass is 9.98. The van der Waals surface area contributed by atoms with Crippen LogP contribution in [0.15, 0.2) is 91.0 Å². The van der Waals surface area contributed by atoms with Gasteiger partial charge in [-0.15, -0.1) is 0 Å². The van der Waals surface area contributed by atoms with E-state index in [-0.39, 0.29) is 19.1 Å². The van der Waals surface area contributed by atoms with Crippen molar-refractivity contribution < 1.29 is 28.5 Å². The third-order valence-corrected chi connectivity index (χ3v) is 6.65. The highest BCUT2D eigenvalue weighted by molar-refractivity contribution is 6.10. The molecule has 1 heterocycles. The molecule has 0 fully saturated rings. The molecule has 0 aliphatic carbocycles. The van der Waals surface area contributed by atoms with E-state index in [1.807, 2.05) is 66.7 Å². The third-order valence-electron chi connectivity index (χ3n) is 6.65. The van der Waals surface area contributed by atoms with Gasteiger partial charge in [-0.3, -0.25) is 9.69 Å². The van der Waals surface area contributed by atoms with Crippen molar-refractivity contribution in [2.24, 2.45) is 0 Å². The molecule has 1 unspecified atom stereocenters. The Hall–Kier alpha value is -4.98. The average Bonchev–Trinajstić information content (AvgIpc) is 3.00. The summed E-state index contributed by atoms with van der Waals surface area (Å²) in [7, 11) is 3.19. The average molecular weight is 539 g/mol. The first kappa shape index (κ1) is 26.6. The molecule has 0 radical (unpaired) electrons. The quantitative estimate of drug-likeness (QED) is 0.251. The minimum Gasteiger partial charge on any atom is -0.497 e. The Morgan fingerprint density at radius 3 is 2.38 bits per heavy atom. The highest BCUT2D eigenvalue weighted by atomic mass is 16.5. The number of methoxy groups -OCH3 is 2. The van der Waals surface area contributed by atoms with Crippen LogP contribution in [0.25, 0.3) is 0 Å². The summed E-state index contributed by atoms with van der Waals surface area (Å²) in [5.41, 5.74) is 4.15. The van der Waals surface area contributed by atoms with E-state index in [0.29, 0.717) is 22.8 Å². The van der Waals surface area contributed by atoms with E-state index in [1.54, 1.807) is 50.3 Å². The summed E-state index contributed by atoms with van der Waals surface area (Å²) in [5, 5.41) is 3.40. The van der Waals surface area contributed by atoms with Gasteiger partial charge in [0.05, 0.1) is 32.2 Å². The molecule has 1 N–H and O–H groups in total. The zero-order valence-electron chi connectivity index (χ0n) is 22.5. The molecular formula is C32H30N2O6. The molecule has 0 saturated carbocycles. The zero-order valence-corrected chi connectivity index (χ0v) is 22.5. The van der Waals surface area contributed by atoms with Crippen LogP contribution in [0.2, 0.25) is 0 Å². The van der Waals surface area contributed by atoms with E-state index < -0.39 is 12.0 Å². The van der Waals surface area contributed by atoms with Gasteiger partial charge < -0.3 is 24.3 Å². The molecule has 0 spiro atoms. The van der Waals surface area contributed by atoms with Gasteiger partial charge in [-0.2, -0.15) is 0 Å². The minimum absolute atomic E-state index is 0.118. The van der Waals surface area contributed by atoms with Gasteiger partial charge in [-0.1, -0.05) is 30.3 Å². The number of esters is 1. The fraction of sp³-hybridized carbons (Fsp3) is 0.188. The number of carbonyl (C=O) groups is 2. The van der Waals surface area contributed by atoms with Gasteiger partial charge in [0.25, 0.3) is 5.91 Å². The predicted molar refractivity (Wildman–Crippen MR) is 153 cm³/mol. The van der Waals surface area contributed by atoms with Crippen molar-refractivity contribution in [3.63, 3.8) is 0 Å². The number of ether oxygens (including phenoxy) is 4. The number of carbonyl (C=O) groups excluding carboxylic acids is 2. The number of fused-ring (bicyclic) bond motifs is 1. The van der Waals surface area contributed by atoms with Crippen LogP contribution in [-0.4, -0.2) is 32.7 Å². The van der Waals surface area contributed by atoms with Crippen LogP contribution >= 0.6 is 0 Å². The zero-order chi connectivity index (χ0) is 28.1. The van der Waals surface area contributed by atoms with Crippen molar-refractivity contribution in [1.29, 1.82) is 0 Å². The lowest BCUT2D eigenvalue weighted by Gasteiger charge is -2.35. The Balaban J connectivity index is 1.46. The fourth-order valence-electron chi connectivity index (χ4n) is 4.70. The number of nitrogens with zero attached hydrogens (tertiary/aromatic N) is 1. The Kier molecular flexibility index (Phi) is 7.87. The van der Waals surface area contributed by atoms with Crippen LogP contribution in [0.4, 0.5) is 17.1 Å². The molecule has 0 aromatic heterocycles. The van der Waals surface area contributed by atoms with E-state index in [2.05, 4.69) is 5.32 Å². The number of nitrogens with one attached hydrogen (secondary N) is 1. The maximum absolute atomic E-state index is 14.0. The van der Waals surface area contributed by atoms with Crippen molar-refractivity contribution in [3.05, 3.63) is 108 Å². The normalized spacial score (nSPS) is 14.1. The van der Waals surface area contributed by atoms with Crippen molar-refractivity contribution in [1.82, 2.24) is 0 Å². The van der Waals surface area contributed by atoms with E-state index in [9.17, 15) is 9.59 Å². The molecule has 8 nitrogen and oxygen atoms in total. The lowest BCUT2D eigenvalue weighted by Crippen LogP contribution is -2.39. The fourth-order valence-corrected chi connectivity index (χ4v) is 4.70. The monoisotopic (exact) mass is 538 g/mol. The van der Waals surface area contributed by atoms with Gasteiger partial charge in [0.1, 0.15) is 35.5 Å². The summed E-state index contributed by atoms with van der Waals surface area (Å²) in [5.74, 6) is 1.13. The van der Waals surface area contributed by atoms with Crippen LogP contribution in [0, 0.1) is 0 Å². The van der Waals surface area contributed by atoms with Crippen LogP contribution in [0.1, 0.15) is 34.5 Å². The maximum atomic E-state index is 14.0. The highest BCUT2D eigenvalue weighted by Gasteiger charge is 2.34. The number of amides is 1. The second kappa shape index (κ2) is 11.8. The molecule has 0 bridgehead atoms. The van der Waals surface area contributed by atoms with Crippen molar-refractivity contribution in [2.45, 2.75) is 19.6 Å². The second-order valence-electron chi connectivity index (χ2n) is 9.04. The summed E-state index contributed by atoms with van der Waals surface area (Å²) in [6.45, 7) is 2.14. The number of hydrogen-bond donors (Lipinski definition) is 1. The Morgan fingerprint density at radius 1 is 0.875 bits per heavy atom. The Morgan fingerprint density at radius 2 is 1.62 bits per heavy atom. The lowest BCUT2D eigenvalue weighted by molar-refractivity contribution is -0.119. The molecule has 204 valence electrons. The number of hydrogen-bond acceptors (Lipinski definition) is 7. The summed E-state index contributed by atoms with van der Waals surface area (Å²) >= 11 is 0. The molecule has 4 aromatic carbocycles. The molecular weight excluding hydrogens is 508 g/mol. The number of anilines is 3. The standard InChI is InChI=1S/C32H30N2O6/c1-4-39-32(36)25-9-5-8-12-29(25)40-20-22-19-21(13-18-28(22)38-3)30-31(35)34(23-14-16-24(37-2)17-15-23)27-11-7-6-10-26(27)33-30/h5-19,30,33H,4,20H2,1-3H3. The largest absolute Gasteiger partial charge is 0.497 e. The summed E-state index contributed by atoms with van der Waals surface area (Å²) in [4.78, 5) is 28.1. The second-order valence-corrected chi connectivity index (χ2v) is 9.04. The minimum atomic E-state index is -0.659. The molecule has 8 heteroatoms. The van der Waals surface area contributed by atoms with Crippen LogP contribution in [0.5, 0.6) is 17.2 Å². The Bertz CT molecular complexity index is 1520. The topological polar surface area (TPSA) is 86.3 Å². The van der Waals surface area contributed by atoms with Crippen LogP contribution in [0.3, 0.4) is 0 Å². The predicted octanol–water partition coefficient (Wildman–Crippen LogP) is 6.29. The van der Waals surface area contributed by atoms with E-state index in [4.69, 9.17) is 18.9 Å². The highest BCUT2D eigenvalue weighted by Crippen LogP contribution is 2.41. The van der Waals surface area contributed by atoms with Crippen LogP contribution < -0.4 is 24.4 Å². The Labute approximate surface area is 233 Å². The SMILES string of the molecule is CCOC(=O)c1ccccc1OCc1cc(C2Nc3ccccc3N(c3ccc(OC)cc3)C2=O)ccc1OC. The number of benzene rings is 4. The first-order valence-electron chi connectivity index (χ1n) is 12.9. The van der Waals surface area contributed by atoms with Crippen molar-refractivity contribution in [3.8, 4) is 17.2 Å². The molecule has 1 aliphatic heterocycles. The summed E-state index contributed by atoms with van der Waals surface area (Å²) < 4.78 is 22.1. The molecule has 1 amide bonds. The van der Waals surface area contributed by atoms with Gasteiger partial charge in [-0.25, -0.2) is 4.79 Å². The molecule has 0 saturated heterocycles. The molecule has 5 rings (SSSR count). The maximum Gasteiger partial charge on any atom is 0.341 e. The van der Waals surface area contributed by atoms with Gasteiger partial charge in [0.15, 0.2) is 0 Å². The van der Waals surface area contributed by atoms with E-state index >= 15 is 0 Å². The van der Waals surface area contributed by atoms with E-state index in [0.717, 1.165) is 28.2 Å². The molecule has 1 aliphatic rings. The number of para-hydroxylation sites is 3. The van der Waals surface area contributed by atoms with Gasteiger partial charge in [0, 0.05) is 11.3 Å². The number of rotatable bonds is 9. The summed E-state index contributed by atoms with van der Waals surface area (Å²) in [6, 6.07) is 26.9. The van der Waals surface area contributed by atoms with Gasteiger partial charge in [-0.05, 0) is 73.2 Å². The molecule has 1 atom stereocenters. The van der Waals surface area contributed by atoms with Crippen molar-refractivity contribution >= 4 is 28.9 Å². The first-order valence-corrected chi connectivity index (χ1v) is 12.9. The van der Waals surface area contributed by atoms with E-state index in [1.165, 1.54) is 0 Å². The first-order chi connectivity index (χ1) is 19.5. The van der Waals surface area contributed by atoms with Crippen molar-refractivity contribution in [2.75, 3.05) is 31.0 Å². The molecule has 40 heavy (non-hydrogen) atoms. The smallest absolute Gasteiger partial charge is 0.341 e. The summed E-state index contributed by atoms with van der Waals surface area (Å²) in [6.07, 6.45) is 0. The van der Waals surface area contributed by atoms with Gasteiger partial charge in [0.2, 0.25) is 0 Å². The third kappa shape index (κ3) is 5.29.